The Morgan fingerprint density at radius 1 is 0.867 bits per heavy atom. The fraction of sp³-hybridized carbons (Fsp3) is 1.00. The Bertz CT molecular complexity index is 110. The summed E-state index contributed by atoms with van der Waals surface area (Å²) in [5, 5.41) is 1.73. The highest BCUT2D eigenvalue weighted by Gasteiger charge is 2.15. The van der Waals surface area contributed by atoms with Crippen LogP contribution in [0.2, 0.25) is 0 Å². The van der Waals surface area contributed by atoms with Gasteiger partial charge in [0.05, 0.1) is 0 Å². The van der Waals surface area contributed by atoms with Gasteiger partial charge in [-0.2, -0.15) is 0 Å². The van der Waals surface area contributed by atoms with E-state index in [-0.39, 0.29) is 12.6 Å². The zero-order chi connectivity index (χ0) is 11.5. The van der Waals surface area contributed by atoms with E-state index in [9.17, 15) is 0 Å². The second kappa shape index (κ2) is 11.3. The smallest absolute Gasteiger partial charge is 0.161 e. The largest absolute Gasteiger partial charge is 0.353 e. The van der Waals surface area contributed by atoms with Crippen molar-refractivity contribution in [3.63, 3.8) is 0 Å². The fourth-order valence-electron chi connectivity index (χ4n) is 1.10. The van der Waals surface area contributed by atoms with Gasteiger partial charge in [-0.1, -0.05) is 31.9 Å². The van der Waals surface area contributed by atoms with E-state index in [1.54, 1.807) is 0 Å². The van der Waals surface area contributed by atoms with Crippen molar-refractivity contribution < 1.29 is 14.2 Å². The van der Waals surface area contributed by atoms with Crippen LogP contribution in [0.1, 0.15) is 26.7 Å². The summed E-state index contributed by atoms with van der Waals surface area (Å²) in [5.41, 5.74) is 0. The predicted molar refractivity (Wildman–Crippen MR) is 68.7 cm³/mol. The van der Waals surface area contributed by atoms with Crippen LogP contribution in [0.4, 0.5) is 0 Å². The molecule has 0 amide bonds. The Kier molecular flexibility index (Phi) is 12.0. The lowest BCUT2D eigenvalue weighted by Crippen LogP contribution is -2.27. The zero-order valence-electron chi connectivity index (χ0n) is 9.38. The molecule has 0 saturated heterocycles. The van der Waals surface area contributed by atoms with Crippen LogP contribution >= 0.6 is 31.9 Å². The third-order valence-corrected chi connectivity index (χ3v) is 2.61. The summed E-state index contributed by atoms with van der Waals surface area (Å²) >= 11 is 6.76. The molecule has 0 N–H and O–H groups in total. The molecule has 2 unspecified atom stereocenters. The molecule has 0 fully saturated rings. The molecule has 0 radical (unpaired) electrons. The van der Waals surface area contributed by atoms with E-state index >= 15 is 0 Å². The number of alkyl halides is 2. The van der Waals surface area contributed by atoms with Crippen molar-refractivity contribution in [2.45, 2.75) is 39.3 Å². The second-order valence-electron chi connectivity index (χ2n) is 2.86. The normalized spacial score (nSPS) is 15.2. The molecule has 0 aliphatic heterocycles. The number of hydrogen-bond acceptors (Lipinski definition) is 3. The molecule has 15 heavy (non-hydrogen) atoms. The van der Waals surface area contributed by atoms with E-state index in [1.165, 1.54) is 0 Å². The summed E-state index contributed by atoms with van der Waals surface area (Å²) in [4.78, 5) is 0. The molecule has 0 aliphatic carbocycles. The van der Waals surface area contributed by atoms with Gasteiger partial charge in [-0.05, 0) is 13.8 Å². The molecular formula is C10H20Br2O3. The predicted octanol–water partition coefficient (Wildman–Crippen LogP) is 3.30. The Labute approximate surface area is 109 Å². The van der Waals surface area contributed by atoms with Gasteiger partial charge in [0.15, 0.2) is 12.6 Å². The lowest BCUT2D eigenvalue weighted by molar-refractivity contribution is -0.243. The van der Waals surface area contributed by atoms with Crippen molar-refractivity contribution in [2.24, 2.45) is 0 Å². The third kappa shape index (κ3) is 8.63. The van der Waals surface area contributed by atoms with Gasteiger partial charge in [-0.3, -0.25) is 0 Å². The molecule has 0 heterocycles. The number of ether oxygens (including phenoxy) is 3. The minimum absolute atomic E-state index is 0.176. The number of rotatable bonds is 10. The van der Waals surface area contributed by atoms with Crippen LogP contribution in [-0.2, 0) is 14.2 Å². The van der Waals surface area contributed by atoms with Gasteiger partial charge in [0.1, 0.15) is 0 Å². The lowest BCUT2D eigenvalue weighted by atomic mass is 10.4. The highest BCUT2D eigenvalue weighted by molar-refractivity contribution is 9.09. The van der Waals surface area contributed by atoms with Crippen LogP contribution in [0.25, 0.3) is 0 Å². The van der Waals surface area contributed by atoms with Crippen molar-refractivity contribution in [3.05, 3.63) is 0 Å². The quantitative estimate of drug-likeness (QED) is 0.448. The monoisotopic (exact) mass is 346 g/mol. The molecule has 0 aliphatic rings. The number of hydrogen-bond donors (Lipinski definition) is 0. The van der Waals surface area contributed by atoms with Crippen LogP contribution in [0.5, 0.6) is 0 Å². The molecule has 3 nitrogen and oxygen atoms in total. The maximum atomic E-state index is 5.71. The highest BCUT2D eigenvalue weighted by Crippen LogP contribution is 2.11. The average molecular weight is 348 g/mol. The van der Waals surface area contributed by atoms with Crippen molar-refractivity contribution in [1.29, 1.82) is 0 Å². The molecular weight excluding hydrogens is 328 g/mol. The van der Waals surface area contributed by atoms with Gasteiger partial charge in [0, 0.05) is 36.7 Å². The molecule has 2 atom stereocenters. The first kappa shape index (κ1) is 15.8. The van der Waals surface area contributed by atoms with Gasteiger partial charge in [0.2, 0.25) is 0 Å². The third-order valence-electron chi connectivity index (χ3n) is 1.70. The minimum atomic E-state index is -0.176. The van der Waals surface area contributed by atoms with Gasteiger partial charge in [-0.25, -0.2) is 0 Å². The SMILES string of the molecule is CCOC(CCBr)OC(CCBr)OCC. The maximum absolute atomic E-state index is 5.71. The standard InChI is InChI=1S/C10H20Br2O3/c1-3-13-9(5-7-11)15-10(6-8-12)14-4-2/h9-10H,3-8H2,1-2H3. The summed E-state index contributed by atoms with van der Waals surface area (Å²) in [6, 6.07) is 0. The van der Waals surface area contributed by atoms with Crippen LogP contribution in [0.3, 0.4) is 0 Å². The van der Waals surface area contributed by atoms with Crippen molar-refractivity contribution in [2.75, 3.05) is 23.9 Å². The van der Waals surface area contributed by atoms with E-state index in [4.69, 9.17) is 14.2 Å². The van der Waals surface area contributed by atoms with Gasteiger partial charge < -0.3 is 14.2 Å². The Morgan fingerprint density at radius 2 is 1.27 bits per heavy atom. The molecule has 0 spiro atoms. The topological polar surface area (TPSA) is 27.7 Å². The van der Waals surface area contributed by atoms with E-state index < -0.39 is 0 Å². The number of halogens is 2. The average Bonchev–Trinajstić information content (AvgIpc) is 2.19. The van der Waals surface area contributed by atoms with E-state index in [2.05, 4.69) is 31.9 Å². The van der Waals surface area contributed by atoms with E-state index in [0.717, 1.165) is 23.5 Å². The van der Waals surface area contributed by atoms with Crippen LogP contribution in [-0.4, -0.2) is 36.5 Å². The Hall–Kier alpha value is 0.840. The van der Waals surface area contributed by atoms with Crippen LogP contribution in [0, 0.1) is 0 Å². The van der Waals surface area contributed by atoms with Crippen LogP contribution in [0.15, 0.2) is 0 Å². The summed E-state index contributed by atoms with van der Waals surface area (Å²) < 4.78 is 16.6. The Morgan fingerprint density at radius 3 is 1.53 bits per heavy atom. The zero-order valence-corrected chi connectivity index (χ0v) is 12.6. The molecule has 0 rings (SSSR count). The first-order valence-electron chi connectivity index (χ1n) is 5.29. The lowest BCUT2D eigenvalue weighted by Gasteiger charge is -2.23. The van der Waals surface area contributed by atoms with E-state index in [0.29, 0.717) is 13.2 Å². The highest BCUT2D eigenvalue weighted by atomic mass is 79.9. The molecule has 0 aromatic rings. The summed E-state index contributed by atoms with van der Waals surface area (Å²) in [6.45, 7) is 5.24. The van der Waals surface area contributed by atoms with Crippen molar-refractivity contribution >= 4 is 31.9 Å². The summed E-state index contributed by atoms with van der Waals surface area (Å²) in [7, 11) is 0. The second-order valence-corrected chi connectivity index (χ2v) is 4.45. The first-order valence-corrected chi connectivity index (χ1v) is 7.53. The minimum Gasteiger partial charge on any atom is -0.353 e. The van der Waals surface area contributed by atoms with Gasteiger partial charge in [0.25, 0.3) is 0 Å². The molecule has 0 saturated carbocycles. The van der Waals surface area contributed by atoms with Crippen molar-refractivity contribution in [1.82, 2.24) is 0 Å². The molecule has 92 valence electrons. The molecule has 0 aromatic heterocycles. The summed E-state index contributed by atoms with van der Waals surface area (Å²) in [5.74, 6) is 0. The molecule has 5 heteroatoms. The molecule has 0 aromatic carbocycles. The van der Waals surface area contributed by atoms with E-state index in [1.807, 2.05) is 13.8 Å². The molecule has 0 bridgehead atoms. The van der Waals surface area contributed by atoms with Crippen molar-refractivity contribution in [3.8, 4) is 0 Å². The fourth-order valence-corrected chi connectivity index (χ4v) is 1.85. The maximum Gasteiger partial charge on any atom is 0.161 e. The Balaban J connectivity index is 3.93. The van der Waals surface area contributed by atoms with Crippen LogP contribution < -0.4 is 0 Å². The van der Waals surface area contributed by atoms with Gasteiger partial charge in [-0.15, -0.1) is 0 Å². The van der Waals surface area contributed by atoms with Gasteiger partial charge >= 0.3 is 0 Å². The first-order chi connectivity index (χ1) is 7.28. The summed E-state index contributed by atoms with van der Waals surface area (Å²) in [6.07, 6.45) is 1.31.